The van der Waals surface area contributed by atoms with Crippen LogP contribution in [-0.4, -0.2) is 5.91 Å². The molecule has 0 bridgehead atoms. The Morgan fingerprint density at radius 1 is 1.13 bits per heavy atom. The van der Waals surface area contributed by atoms with Crippen LogP contribution in [0.3, 0.4) is 0 Å². The van der Waals surface area contributed by atoms with E-state index in [0.717, 1.165) is 24.8 Å². The molecule has 2 aromatic rings. The molecule has 0 radical (unpaired) electrons. The van der Waals surface area contributed by atoms with Crippen LogP contribution in [0.1, 0.15) is 42.1 Å². The fourth-order valence-corrected chi connectivity index (χ4v) is 2.24. The number of carbonyl (C=O) groups is 1. The van der Waals surface area contributed by atoms with Crippen LogP contribution in [-0.2, 0) is 0 Å². The third-order valence-corrected chi connectivity index (χ3v) is 3.93. The van der Waals surface area contributed by atoms with Gasteiger partial charge in [0.25, 0.3) is 5.91 Å². The Bertz CT molecular complexity index is 759. The Morgan fingerprint density at radius 2 is 1.96 bits per heavy atom. The number of halogens is 2. The molecule has 0 heterocycles. The fourth-order valence-electron chi connectivity index (χ4n) is 1.95. The first-order chi connectivity index (χ1) is 11.1. The second-order valence-electron chi connectivity index (χ2n) is 5.07. The van der Waals surface area contributed by atoms with Gasteiger partial charge in [0.1, 0.15) is 0 Å². The summed E-state index contributed by atoms with van der Waals surface area (Å²) in [5, 5.41) is 3.62. The van der Waals surface area contributed by atoms with Crippen LogP contribution in [0.25, 0.3) is 0 Å². The summed E-state index contributed by atoms with van der Waals surface area (Å²) in [5.41, 5.74) is 2.04. The quantitative estimate of drug-likeness (QED) is 0.551. The molecule has 0 saturated carbocycles. The predicted octanol–water partition coefficient (Wildman–Crippen LogP) is 5.79. The lowest BCUT2D eigenvalue weighted by atomic mass is 10.1. The van der Waals surface area contributed by atoms with Crippen LogP contribution >= 0.6 is 23.2 Å². The molecular formula is C19H17Cl2NO. The van der Waals surface area contributed by atoms with E-state index >= 15 is 0 Å². The van der Waals surface area contributed by atoms with Crippen molar-refractivity contribution in [2.24, 2.45) is 0 Å². The summed E-state index contributed by atoms with van der Waals surface area (Å²) in [5.74, 6) is 6.01. The van der Waals surface area contributed by atoms with Crippen LogP contribution in [0, 0.1) is 11.8 Å². The van der Waals surface area contributed by atoms with Gasteiger partial charge in [0.15, 0.2) is 0 Å². The van der Waals surface area contributed by atoms with Crippen LogP contribution in [0.5, 0.6) is 0 Å². The Balaban J connectivity index is 2.08. The lowest BCUT2D eigenvalue weighted by molar-refractivity contribution is 0.102. The molecule has 4 heteroatoms. The van der Waals surface area contributed by atoms with Crippen molar-refractivity contribution < 1.29 is 4.79 Å². The second kappa shape index (κ2) is 8.62. The fraction of sp³-hybridized carbons (Fsp3) is 0.211. The Hall–Kier alpha value is -1.95. The van der Waals surface area contributed by atoms with Crippen molar-refractivity contribution in [2.45, 2.75) is 26.2 Å². The molecule has 2 rings (SSSR count). The highest BCUT2D eigenvalue weighted by molar-refractivity contribution is 6.42. The van der Waals surface area contributed by atoms with Crippen molar-refractivity contribution in [1.29, 1.82) is 0 Å². The van der Waals surface area contributed by atoms with E-state index in [1.165, 1.54) is 0 Å². The maximum Gasteiger partial charge on any atom is 0.255 e. The standard InChI is InChI=1S/C19H17Cl2NO/c1-2-3-4-5-7-14-8-6-9-16(12-14)22-19(23)15-10-11-17(20)18(21)13-15/h6,8-13H,2-4H2,1H3,(H,22,23). The largest absolute Gasteiger partial charge is 0.322 e. The minimum Gasteiger partial charge on any atom is -0.322 e. The maximum absolute atomic E-state index is 12.2. The summed E-state index contributed by atoms with van der Waals surface area (Å²) in [4.78, 5) is 12.2. The molecule has 2 nitrogen and oxygen atoms in total. The van der Waals surface area contributed by atoms with E-state index in [9.17, 15) is 4.79 Å². The molecule has 23 heavy (non-hydrogen) atoms. The van der Waals surface area contributed by atoms with Crippen molar-refractivity contribution in [3.63, 3.8) is 0 Å². The van der Waals surface area contributed by atoms with E-state index in [1.807, 2.05) is 24.3 Å². The molecule has 1 amide bonds. The van der Waals surface area contributed by atoms with Gasteiger partial charge >= 0.3 is 0 Å². The summed E-state index contributed by atoms with van der Waals surface area (Å²) in [6.07, 6.45) is 3.12. The van der Waals surface area contributed by atoms with Crippen molar-refractivity contribution in [2.75, 3.05) is 5.32 Å². The topological polar surface area (TPSA) is 29.1 Å². The lowest BCUT2D eigenvalue weighted by Crippen LogP contribution is -2.11. The predicted molar refractivity (Wildman–Crippen MR) is 97.3 cm³/mol. The van der Waals surface area contributed by atoms with Gasteiger partial charge < -0.3 is 5.32 Å². The summed E-state index contributed by atoms with van der Waals surface area (Å²) in [7, 11) is 0. The van der Waals surface area contributed by atoms with E-state index in [0.29, 0.717) is 21.3 Å². The SMILES string of the molecule is CCCCC#Cc1cccc(NC(=O)c2ccc(Cl)c(Cl)c2)c1. The van der Waals surface area contributed by atoms with Gasteiger partial charge in [-0.05, 0) is 42.8 Å². The number of unbranched alkanes of at least 4 members (excludes halogenated alkanes) is 2. The summed E-state index contributed by atoms with van der Waals surface area (Å²) < 4.78 is 0. The molecule has 0 unspecified atom stereocenters. The normalized spacial score (nSPS) is 9.87. The summed E-state index contributed by atoms with van der Waals surface area (Å²) >= 11 is 11.8. The Kier molecular flexibility index (Phi) is 6.52. The third kappa shape index (κ3) is 5.32. The van der Waals surface area contributed by atoms with Crippen LogP contribution in [0.15, 0.2) is 42.5 Å². The van der Waals surface area contributed by atoms with Gasteiger partial charge in [0.05, 0.1) is 10.0 Å². The molecule has 0 aliphatic rings. The van der Waals surface area contributed by atoms with Crippen molar-refractivity contribution >= 4 is 34.8 Å². The molecule has 0 aliphatic heterocycles. The number of benzene rings is 2. The van der Waals surface area contributed by atoms with Gasteiger partial charge in [-0.2, -0.15) is 0 Å². The molecule has 0 saturated heterocycles. The molecule has 2 aromatic carbocycles. The first-order valence-corrected chi connectivity index (χ1v) is 8.21. The zero-order valence-electron chi connectivity index (χ0n) is 12.8. The molecule has 0 aromatic heterocycles. The number of hydrogen-bond acceptors (Lipinski definition) is 1. The Labute approximate surface area is 146 Å². The second-order valence-corrected chi connectivity index (χ2v) is 5.88. The maximum atomic E-state index is 12.2. The minimum absolute atomic E-state index is 0.236. The van der Waals surface area contributed by atoms with Gasteiger partial charge in [-0.15, -0.1) is 0 Å². The van der Waals surface area contributed by atoms with Gasteiger partial charge in [-0.3, -0.25) is 4.79 Å². The molecule has 0 fully saturated rings. The van der Waals surface area contributed by atoms with Gasteiger partial charge in [0, 0.05) is 23.2 Å². The van der Waals surface area contributed by atoms with E-state index < -0.39 is 0 Å². The molecule has 1 N–H and O–H groups in total. The molecule has 0 atom stereocenters. The van der Waals surface area contributed by atoms with Gasteiger partial charge in [-0.1, -0.05) is 54.5 Å². The van der Waals surface area contributed by atoms with Crippen LogP contribution < -0.4 is 5.32 Å². The first-order valence-electron chi connectivity index (χ1n) is 7.45. The van der Waals surface area contributed by atoms with Gasteiger partial charge in [0.2, 0.25) is 0 Å². The number of nitrogens with one attached hydrogen (secondary N) is 1. The first kappa shape index (κ1) is 17.4. The van der Waals surface area contributed by atoms with E-state index in [2.05, 4.69) is 24.1 Å². The molecular weight excluding hydrogens is 329 g/mol. The number of carbonyl (C=O) groups excluding carboxylic acids is 1. The van der Waals surface area contributed by atoms with Crippen LogP contribution in [0.2, 0.25) is 10.0 Å². The lowest BCUT2D eigenvalue weighted by Gasteiger charge is -2.06. The van der Waals surface area contributed by atoms with E-state index in [-0.39, 0.29) is 5.91 Å². The average molecular weight is 346 g/mol. The smallest absolute Gasteiger partial charge is 0.255 e. The van der Waals surface area contributed by atoms with E-state index in [1.54, 1.807) is 18.2 Å². The highest BCUT2D eigenvalue weighted by Gasteiger charge is 2.08. The van der Waals surface area contributed by atoms with E-state index in [4.69, 9.17) is 23.2 Å². The number of hydrogen-bond donors (Lipinski definition) is 1. The van der Waals surface area contributed by atoms with Crippen molar-refractivity contribution in [3.8, 4) is 11.8 Å². The number of rotatable bonds is 4. The zero-order valence-corrected chi connectivity index (χ0v) is 14.3. The molecule has 0 spiro atoms. The monoisotopic (exact) mass is 345 g/mol. The summed E-state index contributed by atoms with van der Waals surface area (Å²) in [6, 6.07) is 12.3. The number of amides is 1. The summed E-state index contributed by atoms with van der Waals surface area (Å²) in [6.45, 7) is 2.14. The highest BCUT2D eigenvalue weighted by Crippen LogP contribution is 2.23. The molecule has 118 valence electrons. The van der Waals surface area contributed by atoms with Gasteiger partial charge in [-0.25, -0.2) is 0 Å². The zero-order chi connectivity index (χ0) is 16.7. The average Bonchev–Trinajstić information content (AvgIpc) is 2.54. The molecule has 0 aliphatic carbocycles. The van der Waals surface area contributed by atoms with Crippen molar-refractivity contribution in [3.05, 3.63) is 63.6 Å². The Morgan fingerprint density at radius 3 is 2.70 bits per heavy atom. The number of anilines is 1. The van der Waals surface area contributed by atoms with Crippen molar-refractivity contribution in [1.82, 2.24) is 0 Å². The van der Waals surface area contributed by atoms with Crippen LogP contribution in [0.4, 0.5) is 5.69 Å². The minimum atomic E-state index is -0.236. The highest BCUT2D eigenvalue weighted by atomic mass is 35.5. The third-order valence-electron chi connectivity index (χ3n) is 3.19.